The van der Waals surface area contributed by atoms with E-state index < -0.39 is 0 Å². The minimum Gasteiger partial charge on any atom is -0.254 e. The Labute approximate surface area is 84.8 Å². The molecule has 1 heterocycles. The maximum Gasteiger partial charge on any atom is 0.211 e. The summed E-state index contributed by atoms with van der Waals surface area (Å²) in [4.78, 5) is 8.57. The van der Waals surface area contributed by atoms with Crippen LogP contribution in [0.2, 0.25) is 0 Å². The van der Waals surface area contributed by atoms with Crippen molar-refractivity contribution >= 4 is 37.8 Å². The molecule has 0 fully saturated rings. The van der Waals surface area contributed by atoms with Crippen molar-refractivity contribution in [3.63, 3.8) is 0 Å². The lowest BCUT2D eigenvalue weighted by atomic mass is 10.2. The third-order valence-corrected chi connectivity index (χ3v) is 2.27. The summed E-state index contributed by atoms with van der Waals surface area (Å²) in [5, 5.41) is 1.07. The second-order valence-electron chi connectivity index (χ2n) is 2.69. The number of aromatic nitrogens is 2. The van der Waals surface area contributed by atoms with Gasteiger partial charge >= 0.3 is 0 Å². The van der Waals surface area contributed by atoms with Gasteiger partial charge in [0.25, 0.3) is 0 Å². The average molecular weight is 182 g/mol. The van der Waals surface area contributed by atoms with Crippen molar-refractivity contribution in [1.82, 2.24) is 9.97 Å². The third-order valence-electron chi connectivity index (χ3n) is 1.83. The van der Waals surface area contributed by atoms with Gasteiger partial charge in [-0.1, -0.05) is 24.8 Å². The number of hydrogen-bond donors (Lipinski definition) is 0. The highest BCUT2D eigenvalue weighted by molar-refractivity contribution is 6.36. The summed E-state index contributed by atoms with van der Waals surface area (Å²) in [7, 11) is 0. The predicted octanol–water partition coefficient (Wildman–Crippen LogP) is 1.07. The van der Waals surface area contributed by atoms with E-state index in [9.17, 15) is 0 Å². The molecule has 13 heavy (non-hydrogen) atoms. The van der Waals surface area contributed by atoms with Gasteiger partial charge in [0.15, 0.2) is 5.82 Å². The van der Waals surface area contributed by atoms with Gasteiger partial charge in [0.1, 0.15) is 0 Å². The molecule has 0 atom stereocenters. The Morgan fingerprint density at radius 3 is 2.77 bits per heavy atom. The fraction of sp³-hybridized carbons (Fsp3) is 0. The Kier molecular flexibility index (Phi) is 2.14. The number of nitrogens with zero attached hydrogens (tertiary/aromatic N) is 2. The van der Waals surface area contributed by atoms with Crippen LogP contribution in [0.15, 0.2) is 30.8 Å². The number of para-hydroxylation sites is 1. The van der Waals surface area contributed by atoms with E-state index in [0.717, 1.165) is 15.5 Å². The topological polar surface area (TPSA) is 25.8 Å². The Morgan fingerprint density at radius 2 is 2.00 bits per heavy atom. The van der Waals surface area contributed by atoms with Gasteiger partial charge in [0, 0.05) is 5.39 Å². The molecule has 0 aliphatic carbocycles. The maximum atomic E-state index is 4.31. The summed E-state index contributed by atoms with van der Waals surface area (Å²) in [5.41, 5.74) is 0.956. The van der Waals surface area contributed by atoms with Gasteiger partial charge in [-0.2, -0.15) is 0 Å². The molecule has 0 spiro atoms. The summed E-state index contributed by atoms with van der Waals surface area (Å²) in [5.74, 6) is 0.670. The first-order valence-corrected chi connectivity index (χ1v) is 4.53. The van der Waals surface area contributed by atoms with E-state index in [1.54, 1.807) is 6.08 Å². The minimum atomic E-state index is 0.670. The highest BCUT2D eigenvalue weighted by atomic mass is 27.0. The lowest BCUT2D eigenvalue weighted by Crippen LogP contribution is -2.12. The van der Waals surface area contributed by atoms with Crippen LogP contribution < -0.4 is 4.56 Å². The minimum absolute atomic E-state index is 0.670. The second-order valence-corrected chi connectivity index (χ2v) is 3.24. The van der Waals surface area contributed by atoms with Gasteiger partial charge in [-0.3, -0.25) is 4.98 Å². The van der Waals surface area contributed by atoms with Crippen LogP contribution in [-0.4, -0.2) is 26.3 Å². The number of hydrogen-bond acceptors (Lipinski definition) is 2. The Hall–Kier alpha value is -1.17. The maximum absolute atomic E-state index is 4.31. The molecule has 2 aromatic rings. The molecule has 1 aromatic carbocycles. The zero-order chi connectivity index (χ0) is 9.26. The third kappa shape index (κ3) is 1.49. The second kappa shape index (κ2) is 3.29. The van der Waals surface area contributed by atoms with Crippen molar-refractivity contribution in [3.8, 4) is 0 Å². The molecule has 0 aliphatic rings. The Bertz CT molecular complexity index is 465. The van der Waals surface area contributed by atoms with E-state index in [0.29, 0.717) is 5.82 Å². The lowest BCUT2D eigenvalue weighted by molar-refractivity contribution is 1.21. The summed E-state index contributed by atoms with van der Waals surface area (Å²) >= 11 is 2.61. The molecule has 0 saturated heterocycles. The van der Waals surface area contributed by atoms with Gasteiger partial charge in [0.2, 0.25) is 16.3 Å². The van der Waals surface area contributed by atoms with E-state index >= 15 is 0 Å². The van der Waals surface area contributed by atoms with Gasteiger partial charge in [-0.05, 0) is 16.7 Å². The molecule has 0 saturated carbocycles. The summed E-state index contributed by atoms with van der Waals surface area (Å²) in [6.45, 7) is 3.64. The molecule has 2 nitrogen and oxygen atoms in total. The lowest BCUT2D eigenvalue weighted by Gasteiger charge is -2.02. The molecule has 0 bridgehead atoms. The molecule has 0 amide bonds. The number of fused-ring (bicyclic) bond motifs is 1. The summed E-state index contributed by atoms with van der Waals surface area (Å²) < 4.78 is 0.917. The monoisotopic (exact) mass is 182 g/mol. The van der Waals surface area contributed by atoms with Crippen LogP contribution in [0.4, 0.5) is 0 Å². The van der Waals surface area contributed by atoms with Crippen LogP contribution in [0.1, 0.15) is 5.82 Å². The Morgan fingerprint density at radius 1 is 1.23 bits per heavy atom. The summed E-state index contributed by atoms with van der Waals surface area (Å²) in [6, 6.07) is 7.92. The summed E-state index contributed by atoms with van der Waals surface area (Å²) in [6.07, 6.45) is 1.65. The normalized spacial score (nSPS) is 10.2. The molecule has 0 unspecified atom stereocenters. The van der Waals surface area contributed by atoms with Gasteiger partial charge in [0.05, 0.1) is 5.52 Å². The van der Waals surface area contributed by atoms with E-state index in [4.69, 9.17) is 0 Å². The molecule has 1 aromatic heterocycles. The highest BCUT2D eigenvalue weighted by Crippen LogP contribution is 2.07. The number of rotatable bonds is 1. The fourth-order valence-corrected chi connectivity index (χ4v) is 1.59. The molecule has 0 N–H and O–H groups in total. The largest absolute Gasteiger partial charge is 0.254 e. The van der Waals surface area contributed by atoms with Gasteiger partial charge < -0.3 is 0 Å². The number of benzene rings is 1. The highest BCUT2D eigenvalue weighted by Gasteiger charge is 1.98. The first kappa shape index (κ1) is 8.43. The molecular formula is C10H7AlN2. The molecule has 3 heteroatoms. The predicted molar refractivity (Wildman–Crippen MR) is 55.0 cm³/mol. The zero-order valence-corrected chi connectivity index (χ0v) is 8.22. The SMILES string of the molecule is C=Cc1n[c]([Al])c2ccccc2n1. The van der Waals surface area contributed by atoms with Crippen LogP contribution in [-0.2, 0) is 0 Å². The molecule has 0 aliphatic heterocycles. The van der Waals surface area contributed by atoms with Crippen LogP contribution in [0, 0.1) is 0 Å². The smallest absolute Gasteiger partial charge is 0.211 e. The zero-order valence-electron chi connectivity index (χ0n) is 7.07. The van der Waals surface area contributed by atoms with Crippen molar-refractivity contribution in [2.24, 2.45) is 0 Å². The molecule has 2 rings (SSSR count). The van der Waals surface area contributed by atoms with Crippen LogP contribution in [0.3, 0.4) is 0 Å². The molecule has 2 radical (unpaired) electrons. The first-order chi connectivity index (χ1) is 6.31. The fourth-order valence-electron chi connectivity index (χ4n) is 1.21. The van der Waals surface area contributed by atoms with Gasteiger partial charge in [-0.15, -0.1) is 0 Å². The van der Waals surface area contributed by atoms with Crippen molar-refractivity contribution < 1.29 is 0 Å². The van der Waals surface area contributed by atoms with Crippen LogP contribution in [0.5, 0.6) is 0 Å². The van der Waals surface area contributed by atoms with Gasteiger partial charge in [-0.25, -0.2) is 4.98 Å². The van der Waals surface area contributed by atoms with Crippen LogP contribution >= 0.6 is 0 Å². The van der Waals surface area contributed by atoms with E-state index in [1.807, 2.05) is 24.3 Å². The van der Waals surface area contributed by atoms with E-state index in [2.05, 4.69) is 32.8 Å². The Balaban J connectivity index is 2.84. The molecular weight excluding hydrogens is 175 g/mol. The quantitative estimate of drug-likeness (QED) is 0.616. The van der Waals surface area contributed by atoms with Crippen molar-refractivity contribution in [1.29, 1.82) is 0 Å². The standard InChI is InChI=1S/C10H7N2.Al/c1-2-10-11-7-8-5-3-4-6-9(8)12-10;/h2-6H,1H2;. The molecule has 60 valence electrons. The average Bonchev–Trinajstić information content (AvgIpc) is 2.18. The van der Waals surface area contributed by atoms with Crippen molar-refractivity contribution in [2.45, 2.75) is 0 Å². The first-order valence-electron chi connectivity index (χ1n) is 3.96. The van der Waals surface area contributed by atoms with Crippen molar-refractivity contribution in [3.05, 3.63) is 36.7 Å². The van der Waals surface area contributed by atoms with E-state index in [1.165, 1.54) is 0 Å². The van der Waals surface area contributed by atoms with E-state index in [-0.39, 0.29) is 0 Å². The van der Waals surface area contributed by atoms with Crippen LogP contribution in [0.25, 0.3) is 17.0 Å². The van der Waals surface area contributed by atoms with Crippen molar-refractivity contribution in [2.75, 3.05) is 0 Å².